The number of aryl methyl sites for hydroxylation is 1. The van der Waals surface area contributed by atoms with Crippen LogP contribution in [0.25, 0.3) is 0 Å². The number of nitrogens with zero attached hydrogens (tertiary/aromatic N) is 2. The zero-order valence-corrected chi connectivity index (χ0v) is 14.7. The topological polar surface area (TPSA) is 62.3 Å². The molecule has 1 N–H and O–H groups in total. The summed E-state index contributed by atoms with van der Waals surface area (Å²) in [7, 11) is -1.82. The molecule has 0 unspecified atom stereocenters. The molecule has 0 aliphatic heterocycles. The van der Waals surface area contributed by atoms with E-state index in [2.05, 4.69) is 10.3 Å². The van der Waals surface area contributed by atoms with Crippen molar-refractivity contribution in [3.8, 4) is 0 Å². The van der Waals surface area contributed by atoms with Gasteiger partial charge in [0.15, 0.2) is 0 Å². The van der Waals surface area contributed by atoms with Gasteiger partial charge in [0.2, 0.25) is 0 Å². The van der Waals surface area contributed by atoms with Gasteiger partial charge in [0.25, 0.3) is 10.0 Å². The van der Waals surface area contributed by atoms with E-state index >= 15 is 0 Å². The fraction of sp³-hybridized carbons (Fsp3) is 0.462. The van der Waals surface area contributed by atoms with Crippen molar-refractivity contribution in [1.82, 2.24) is 14.6 Å². The van der Waals surface area contributed by atoms with E-state index in [-0.39, 0.29) is 0 Å². The first kappa shape index (κ1) is 16.6. The summed E-state index contributed by atoms with van der Waals surface area (Å²) in [5, 5.41) is 5.08. The Labute approximate surface area is 133 Å². The average molecular weight is 346 g/mol. The summed E-state index contributed by atoms with van der Waals surface area (Å²) < 4.78 is 26.9. The second-order valence-corrected chi connectivity index (χ2v) is 8.80. The molecule has 0 saturated heterocycles. The number of thiophene rings is 1. The summed E-state index contributed by atoms with van der Waals surface area (Å²) in [6.45, 7) is 5.84. The van der Waals surface area contributed by atoms with E-state index in [9.17, 15) is 8.42 Å². The Balaban J connectivity index is 2.13. The molecule has 0 saturated carbocycles. The Morgan fingerprint density at radius 1 is 1.38 bits per heavy atom. The Morgan fingerprint density at radius 3 is 2.76 bits per heavy atom. The van der Waals surface area contributed by atoms with E-state index < -0.39 is 10.0 Å². The van der Waals surface area contributed by atoms with Gasteiger partial charge in [0, 0.05) is 25.0 Å². The minimum absolute atomic E-state index is 0.360. The average Bonchev–Trinajstić information content (AvgIpc) is 3.06. The van der Waals surface area contributed by atoms with Crippen molar-refractivity contribution in [2.45, 2.75) is 31.1 Å². The molecule has 0 bridgehead atoms. The van der Waals surface area contributed by atoms with Crippen LogP contribution in [0.1, 0.15) is 23.1 Å². The first-order chi connectivity index (χ1) is 9.95. The van der Waals surface area contributed by atoms with Gasteiger partial charge in [-0.2, -0.15) is 4.31 Å². The van der Waals surface area contributed by atoms with Gasteiger partial charge in [-0.05, 0) is 30.5 Å². The van der Waals surface area contributed by atoms with Crippen molar-refractivity contribution in [3.63, 3.8) is 0 Å². The molecule has 2 aromatic rings. The van der Waals surface area contributed by atoms with E-state index in [0.717, 1.165) is 22.7 Å². The van der Waals surface area contributed by atoms with Crippen molar-refractivity contribution in [3.05, 3.63) is 33.1 Å². The van der Waals surface area contributed by atoms with Crippen LogP contribution in [0.4, 0.5) is 0 Å². The van der Waals surface area contributed by atoms with Gasteiger partial charge in [-0.3, -0.25) is 0 Å². The lowest BCUT2D eigenvalue weighted by atomic mass is 10.3. The molecule has 2 rings (SSSR count). The van der Waals surface area contributed by atoms with Crippen LogP contribution < -0.4 is 5.32 Å². The number of thiazole rings is 1. The minimum Gasteiger partial charge on any atom is -0.313 e. The second kappa shape index (κ2) is 6.97. The third kappa shape index (κ3) is 3.89. The Hall–Kier alpha value is -0.800. The second-order valence-electron chi connectivity index (χ2n) is 4.68. The van der Waals surface area contributed by atoms with Crippen LogP contribution in [0, 0.1) is 6.92 Å². The molecule has 5 nitrogen and oxygen atoms in total. The maximum Gasteiger partial charge on any atom is 0.252 e. The first-order valence-corrected chi connectivity index (χ1v) is 9.78. The van der Waals surface area contributed by atoms with Crippen molar-refractivity contribution in [2.24, 2.45) is 0 Å². The number of sulfonamides is 1. The molecule has 2 heterocycles. The summed E-state index contributed by atoms with van der Waals surface area (Å²) in [5.41, 5.74) is 3.63. The molecule has 0 fully saturated rings. The van der Waals surface area contributed by atoms with Gasteiger partial charge in [0.1, 0.15) is 4.21 Å². The van der Waals surface area contributed by atoms with Crippen LogP contribution in [-0.4, -0.2) is 31.3 Å². The molecule has 0 amide bonds. The van der Waals surface area contributed by atoms with Gasteiger partial charge >= 0.3 is 0 Å². The van der Waals surface area contributed by atoms with E-state index in [0.29, 0.717) is 17.3 Å². The van der Waals surface area contributed by atoms with Crippen molar-refractivity contribution < 1.29 is 8.42 Å². The van der Waals surface area contributed by atoms with Gasteiger partial charge in [-0.1, -0.05) is 6.92 Å². The monoisotopic (exact) mass is 345 g/mol. The predicted molar refractivity (Wildman–Crippen MR) is 87.2 cm³/mol. The third-order valence-corrected chi connectivity index (χ3v) is 7.27. The molecule has 0 aliphatic carbocycles. The molecule has 0 radical (unpaired) electrons. The predicted octanol–water partition coefficient (Wildman–Crippen LogP) is 2.44. The van der Waals surface area contributed by atoms with Crippen LogP contribution >= 0.6 is 22.7 Å². The summed E-state index contributed by atoms with van der Waals surface area (Å²) in [5.74, 6) is 0. The highest BCUT2D eigenvalue weighted by Crippen LogP contribution is 2.25. The Kier molecular flexibility index (Phi) is 5.50. The smallest absolute Gasteiger partial charge is 0.252 e. The highest BCUT2D eigenvalue weighted by Gasteiger charge is 2.23. The standard InChI is InChI=1S/C13H19N3O2S3/c1-4-14-6-11-5-13(19-8-11)21(17,18)16(3)7-12-10(2)15-9-20-12/h5,8-9,14H,4,6-7H2,1-3H3. The molecule has 2 aromatic heterocycles. The minimum atomic E-state index is -3.43. The Bertz CT molecular complexity index is 691. The fourth-order valence-corrected chi connectivity index (χ4v) is 5.24. The van der Waals surface area contributed by atoms with Crippen LogP contribution in [0.5, 0.6) is 0 Å². The molecular weight excluding hydrogens is 326 g/mol. The number of rotatable bonds is 7. The quantitative estimate of drug-likeness (QED) is 0.837. The van der Waals surface area contributed by atoms with Crippen LogP contribution in [0.3, 0.4) is 0 Å². The largest absolute Gasteiger partial charge is 0.313 e. The first-order valence-electron chi connectivity index (χ1n) is 6.58. The lowest BCUT2D eigenvalue weighted by Gasteiger charge is -2.15. The van der Waals surface area contributed by atoms with Gasteiger partial charge in [0.05, 0.1) is 11.2 Å². The molecule has 0 spiro atoms. The third-order valence-electron chi connectivity index (χ3n) is 3.08. The molecule has 0 aliphatic rings. The lowest BCUT2D eigenvalue weighted by molar-refractivity contribution is 0.470. The fourth-order valence-electron chi connectivity index (χ4n) is 1.77. The van der Waals surface area contributed by atoms with Gasteiger partial charge in [-0.15, -0.1) is 22.7 Å². The van der Waals surface area contributed by atoms with Crippen LogP contribution in [0.15, 0.2) is 21.2 Å². The SMILES string of the molecule is CCNCc1csc(S(=O)(=O)N(C)Cc2scnc2C)c1. The molecule has 116 valence electrons. The molecular formula is C13H19N3O2S3. The number of hydrogen-bond acceptors (Lipinski definition) is 6. The van der Waals surface area contributed by atoms with Crippen molar-refractivity contribution in [2.75, 3.05) is 13.6 Å². The van der Waals surface area contributed by atoms with E-state index in [1.54, 1.807) is 18.6 Å². The number of aromatic nitrogens is 1. The summed E-state index contributed by atoms with van der Waals surface area (Å²) in [4.78, 5) is 5.13. The normalized spacial score (nSPS) is 12.2. The zero-order chi connectivity index (χ0) is 15.5. The van der Waals surface area contributed by atoms with Crippen molar-refractivity contribution >= 4 is 32.7 Å². The van der Waals surface area contributed by atoms with E-state index in [1.165, 1.54) is 27.0 Å². The van der Waals surface area contributed by atoms with Gasteiger partial charge < -0.3 is 5.32 Å². The zero-order valence-electron chi connectivity index (χ0n) is 12.3. The summed E-state index contributed by atoms with van der Waals surface area (Å²) in [6, 6.07) is 1.75. The summed E-state index contributed by atoms with van der Waals surface area (Å²) >= 11 is 2.75. The van der Waals surface area contributed by atoms with Gasteiger partial charge in [-0.25, -0.2) is 13.4 Å². The van der Waals surface area contributed by atoms with Crippen LogP contribution in [-0.2, 0) is 23.1 Å². The number of hydrogen-bond donors (Lipinski definition) is 1. The summed E-state index contributed by atoms with van der Waals surface area (Å²) in [6.07, 6.45) is 0. The highest BCUT2D eigenvalue weighted by molar-refractivity contribution is 7.91. The molecule has 0 aromatic carbocycles. The van der Waals surface area contributed by atoms with E-state index in [4.69, 9.17) is 0 Å². The maximum absolute atomic E-state index is 12.6. The van der Waals surface area contributed by atoms with E-state index in [1.807, 2.05) is 19.2 Å². The highest BCUT2D eigenvalue weighted by atomic mass is 32.2. The lowest BCUT2D eigenvalue weighted by Crippen LogP contribution is -2.25. The number of nitrogens with one attached hydrogen (secondary N) is 1. The Morgan fingerprint density at radius 2 is 2.14 bits per heavy atom. The molecule has 8 heteroatoms. The molecule has 0 atom stereocenters. The molecule has 21 heavy (non-hydrogen) atoms. The maximum atomic E-state index is 12.6. The van der Waals surface area contributed by atoms with Crippen molar-refractivity contribution in [1.29, 1.82) is 0 Å². The van der Waals surface area contributed by atoms with Crippen LogP contribution in [0.2, 0.25) is 0 Å².